The van der Waals surface area contributed by atoms with E-state index in [-0.39, 0.29) is 16.7 Å². The lowest BCUT2D eigenvalue weighted by atomic mass is 9.93. The van der Waals surface area contributed by atoms with Crippen LogP contribution in [0.5, 0.6) is 5.75 Å². The van der Waals surface area contributed by atoms with E-state index in [0.29, 0.717) is 11.2 Å². The summed E-state index contributed by atoms with van der Waals surface area (Å²) >= 11 is 0. The molecule has 5 heteroatoms. The molecule has 0 saturated heterocycles. The van der Waals surface area contributed by atoms with Crippen LogP contribution in [0.4, 0.5) is 0 Å². The number of carbonyl (C=O) groups is 1. The second-order valence-electron chi connectivity index (χ2n) is 8.03. The zero-order chi connectivity index (χ0) is 22.7. The van der Waals surface area contributed by atoms with E-state index >= 15 is 0 Å². The molecule has 0 aliphatic heterocycles. The molecule has 0 unspecified atom stereocenters. The van der Waals surface area contributed by atoms with E-state index in [1.54, 1.807) is 48.5 Å². The van der Waals surface area contributed by atoms with Crippen molar-refractivity contribution >= 4 is 49.5 Å². The number of fused-ring (bicyclic) bond motifs is 6. The minimum absolute atomic E-state index is 0.0759. The summed E-state index contributed by atoms with van der Waals surface area (Å²) in [6.07, 6.45) is 0. The van der Waals surface area contributed by atoms with Crippen molar-refractivity contribution in [2.45, 2.75) is 0 Å². The summed E-state index contributed by atoms with van der Waals surface area (Å²) in [4.78, 5) is 23.3. The highest BCUT2D eigenvalue weighted by atomic mass is 16.4. The smallest absolute Gasteiger partial charge is 0.335 e. The topological polar surface area (TPSA) is 87.7 Å². The Morgan fingerprint density at radius 3 is 1.88 bits per heavy atom. The maximum atomic E-state index is 11.9. The summed E-state index contributed by atoms with van der Waals surface area (Å²) in [5.41, 5.74) is 3.18. The van der Waals surface area contributed by atoms with E-state index in [4.69, 9.17) is 4.42 Å². The molecular formula is C28H16O5. The predicted octanol–water partition coefficient (Wildman–Crippen LogP) is 6.32. The molecule has 2 N–H and O–H groups in total. The van der Waals surface area contributed by atoms with Crippen LogP contribution in [0.15, 0.2) is 94.1 Å². The predicted molar refractivity (Wildman–Crippen MR) is 129 cm³/mol. The largest absolute Gasteiger partial charge is 0.508 e. The summed E-state index contributed by atoms with van der Waals surface area (Å²) in [7, 11) is 0. The Morgan fingerprint density at radius 2 is 1.24 bits per heavy atom. The highest BCUT2D eigenvalue weighted by Crippen LogP contribution is 2.41. The fourth-order valence-electron chi connectivity index (χ4n) is 4.52. The lowest BCUT2D eigenvalue weighted by Crippen LogP contribution is -1.96. The zero-order valence-corrected chi connectivity index (χ0v) is 17.2. The summed E-state index contributed by atoms with van der Waals surface area (Å²) in [6.45, 7) is 0. The van der Waals surface area contributed by atoms with E-state index in [2.05, 4.69) is 0 Å². The number of benzene rings is 5. The molecule has 6 rings (SSSR count). The third-order valence-electron chi connectivity index (χ3n) is 6.06. The number of carboxylic acids is 1. The van der Waals surface area contributed by atoms with Crippen LogP contribution in [0, 0.1) is 0 Å². The summed E-state index contributed by atoms with van der Waals surface area (Å²) in [6, 6.07) is 24.5. The maximum Gasteiger partial charge on any atom is 0.335 e. The molecule has 158 valence electrons. The van der Waals surface area contributed by atoms with Crippen molar-refractivity contribution in [1.29, 1.82) is 0 Å². The summed E-state index contributed by atoms with van der Waals surface area (Å²) in [5, 5.41) is 24.2. The van der Waals surface area contributed by atoms with Crippen molar-refractivity contribution in [3.05, 3.63) is 101 Å². The van der Waals surface area contributed by atoms with E-state index in [0.717, 1.165) is 43.4 Å². The first kappa shape index (κ1) is 19.1. The summed E-state index contributed by atoms with van der Waals surface area (Å²) < 4.78 is 6.50. The molecular weight excluding hydrogens is 416 g/mol. The van der Waals surface area contributed by atoms with Crippen molar-refractivity contribution < 1.29 is 19.4 Å². The molecule has 0 fully saturated rings. The Labute approximate surface area is 186 Å². The standard InChI is InChI=1S/C28H16O5/c29-19-7-11-21-17(13-19)5-9-23-25(15-1-3-16(4-2-15)28(31)32)24-10-6-18-14-20(30)8-12-22(18)27(24)33-26(21)23/h1-14,29H,(H,31,32). The quantitative estimate of drug-likeness (QED) is 0.247. The van der Waals surface area contributed by atoms with Crippen LogP contribution in [0.2, 0.25) is 0 Å². The van der Waals surface area contributed by atoms with E-state index in [9.17, 15) is 19.8 Å². The van der Waals surface area contributed by atoms with Gasteiger partial charge in [0, 0.05) is 27.1 Å². The Morgan fingerprint density at radius 1 is 0.667 bits per heavy atom. The molecule has 33 heavy (non-hydrogen) atoms. The van der Waals surface area contributed by atoms with Crippen molar-refractivity contribution in [1.82, 2.24) is 0 Å². The van der Waals surface area contributed by atoms with Crippen LogP contribution in [0.1, 0.15) is 10.4 Å². The van der Waals surface area contributed by atoms with Gasteiger partial charge in [0.25, 0.3) is 0 Å². The molecule has 1 aromatic heterocycles. The first-order valence-electron chi connectivity index (χ1n) is 10.4. The number of aromatic carboxylic acids is 1. The van der Waals surface area contributed by atoms with Crippen LogP contribution in [-0.4, -0.2) is 16.2 Å². The van der Waals surface area contributed by atoms with Gasteiger partial charge in [-0.3, -0.25) is 4.79 Å². The lowest BCUT2D eigenvalue weighted by molar-refractivity contribution is 0.0697. The van der Waals surface area contributed by atoms with Gasteiger partial charge in [-0.2, -0.15) is 0 Å². The molecule has 0 aliphatic carbocycles. The fraction of sp³-hybridized carbons (Fsp3) is 0. The van der Waals surface area contributed by atoms with Crippen LogP contribution in [0.25, 0.3) is 54.6 Å². The normalized spacial score (nSPS) is 11.5. The number of aromatic hydroxyl groups is 1. The molecule has 0 saturated carbocycles. The van der Waals surface area contributed by atoms with Gasteiger partial charge in [-0.25, -0.2) is 4.79 Å². The van der Waals surface area contributed by atoms with Gasteiger partial charge in [-0.05, 0) is 77.0 Å². The molecule has 0 aliphatic rings. The first-order chi connectivity index (χ1) is 16.0. The van der Waals surface area contributed by atoms with Crippen molar-refractivity contribution in [3.8, 4) is 16.9 Å². The van der Waals surface area contributed by atoms with Crippen LogP contribution in [0.3, 0.4) is 0 Å². The number of carboxylic acid groups (broad SMARTS) is 1. The molecule has 6 aromatic rings. The van der Waals surface area contributed by atoms with Crippen LogP contribution >= 0.6 is 0 Å². The van der Waals surface area contributed by atoms with E-state index in [1.165, 1.54) is 6.07 Å². The van der Waals surface area contributed by atoms with E-state index < -0.39 is 5.97 Å². The number of rotatable bonds is 2. The van der Waals surface area contributed by atoms with E-state index in [1.807, 2.05) is 30.3 Å². The molecule has 1 heterocycles. The first-order valence-corrected chi connectivity index (χ1v) is 10.4. The van der Waals surface area contributed by atoms with Gasteiger partial charge < -0.3 is 14.6 Å². The Balaban J connectivity index is 1.82. The van der Waals surface area contributed by atoms with Gasteiger partial charge in [0.1, 0.15) is 16.9 Å². The molecule has 0 amide bonds. The monoisotopic (exact) mass is 432 g/mol. The molecule has 5 aromatic carbocycles. The highest BCUT2D eigenvalue weighted by molar-refractivity contribution is 6.19. The lowest BCUT2D eigenvalue weighted by Gasteiger charge is -2.14. The van der Waals surface area contributed by atoms with Gasteiger partial charge >= 0.3 is 5.97 Å². The molecule has 5 nitrogen and oxygen atoms in total. The fourth-order valence-corrected chi connectivity index (χ4v) is 4.52. The molecule has 0 radical (unpaired) electrons. The van der Waals surface area contributed by atoms with Crippen molar-refractivity contribution in [2.75, 3.05) is 0 Å². The van der Waals surface area contributed by atoms with Crippen LogP contribution < -0.4 is 5.43 Å². The Hall–Kier alpha value is -4.64. The second kappa shape index (κ2) is 6.93. The summed E-state index contributed by atoms with van der Waals surface area (Å²) in [5.74, 6) is -0.815. The highest BCUT2D eigenvalue weighted by Gasteiger charge is 2.17. The number of hydrogen-bond donors (Lipinski definition) is 2. The maximum absolute atomic E-state index is 11.9. The minimum Gasteiger partial charge on any atom is -0.508 e. The molecule has 0 bridgehead atoms. The SMILES string of the molecule is O=C(O)c1ccc(-c2c3ccc4cc(O)ccc4c3oc3c2ccc2cc(=O)ccc23)cc1. The van der Waals surface area contributed by atoms with Gasteiger partial charge in [0.05, 0.1) is 5.56 Å². The number of phenols is 1. The molecule has 0 spiro atoms. The Kier molecular flexibility index (Phi) is 4.01. The second-order valence-corrected chi connectivity index (χ2v) is 8.03. The third-order valence-corrected chi connectivity index (χ3v) is 6.06. The average Bonchev–Trinajstić information content (AvgIpc) is 2.82. The number of hydrogen-bond acceptors (Lipinski definition) is 4. The Bertz CT molecular complexity index is 1810. The van der Waals surface area contributed by atoms with Gasteiger partial charge in [-0.15, -0.1) is 0 Å². The van der Waals surface area contributed by atoms with Gasteiger partial charge in [-0.1, -0.05) is 24.3 Å². The minimum atomic E-state index is -0.982. The third kappa shape index (κ3) is 2.94. The zero-order valence-electron chi connectivity index (χ0n) is 17.2. The van der Waals surface area contributed by atoms with Gasteiger partial charge in [0.15, 0.2) is 5.43 Å². The van der Waals surface area contributed by atoms with Crippen molar-refractivity contribution in [3.63, 3.8) is 0 Å². The average molecular weight is 432 g/mol. The van der Waals surface area contributed by atoms with Crippen LogP contribution in [-0.2, 0) is 0 Å². The number of phenolic OH excluding ortho intramolecular Hbond substituents is 1. The molecule has 0 atom stereocenters. The van der Waals surface area contributed by atoms with Gasteiger partial charge in [0.2, 0.25) is 0 Å². The van der Waals surface area contributed by atoms with Crippen molar-refractivity contribution in [2.24, 2.45) is 0 Å².